The Kier molecular flexibility index (Phi) is 7.51. The normalized spacial score (nSPS) is 18.1. The Morgan fingerprint density at radius 3 is 3.05 bits per heavy atom. The predicted molar refractivity (Wildman–Crippen MR) is 77.6 cm³/mol. The number of halogens is 2. The SMILES string of the molecule is Cl.O=C(CC1CNCCO1)NCCc1cccc(F)c1. The van der Waals surface area contributed by atoms with E-state index in [-0.39, 0.29) is 30.2 Å². The lowest BCUT2D eigenvalue weighted by Crippen LogP contribution is -2.41. The highest BCUT2D eigenvalue weighted by atomic mass is 35.5. The highest BCUT2D eigenvalue weighted by molar-refractivity contribution is 5.85. The Labute approximate surface area is 124 Å². The van der Waals surface area contributed by atoms with E-state index in [1.807, 2.05) is 6.07 Å². The van der Waals surface area contributed by atoms with Crippen LogP contribution in [0.5, 0.6) is 0 Å². The molecule has 1 aliphatic heterocycles. The Morgan fingerprint density at radius 1 is 1.50 bits per heavy atom. The highest BCUT2D eigenvalue weighted by Gasteiger charge is 2.16. The molecule has 0 saturated carbocycles. The van der Waals surface area contributed by atoms with E-state index in [0.717, 1.165) is 18.7 Å². The number of hydrogen-bond donors (Lipinski definition) is 2. The Hall–Kier alpha value is -1.17. The van der Waals surface area contributed by atoms with E-state index in [4.69, 9.17) is 4.74 Å². The van der Waals surface area contributed by atoms with Crippen molar-refractivity contribution < 1.29 is 13.9 Å². The van der Waals surface area contributed by atoms with E-state index in [0.29, 0.717) is 26.0 Å². The zero-order chi connectivity index (χ0) is 13.5. The van der Waals surface area contributed by atoms with Gasteiger partial charge in [-0.05, 0) is 24.1 Å². The van der Waals surface area contributed by atoms with E-state index >= 15 is 0 Å². The van der Waals surface area contributed by atoms with Crippen LogP contribution in [0, 0.1) is 5.82 Å². The Bertz CT molecular complexity index is 425. The van der Waals surface area contributed by atoms with Gasteiger partial charge in [-0.3, -0.25) is 4.79 Å². The molecule has 0 aromatic heterocycles. The molecule has 1 heterocycles. The number of nitrogens with one attached hydrogen (secondary N) is 2. The first-order valence-corrected chi connectivity index (χ1v) is 6.57. The summed E-state index contributed by atoms with van der Waals surface area (Å²) in [5.74, 6) is -0.268. The molecule has 1 atom stereocenters. The molecule has 1 aromatic rings. The van der Waals surface area contributed by atoms with Crippen LogP contribution in [0.3, 0.4) is 0 Å². The van der Waals surface area contributed by atoms with Crippen molar-refractivity contribution in [2.75, 3.05) is 26.2 Å². The smallest absolute Gasteiger partial charge is 0.222 e. The summed E-state index contributed by atoms with van der Waals surface area (Å²) in [5.41, 5.74) is 0.885. The zero-order valence-electron chi connectivity index (χ0n) is 11.2. The maximum Gasteiger partial charge on any atom is 0.222 e. The molecule has 0 aliphatic carbocycles. The number of carbonyl (C=O) groups excluding carboxylic acids is 1. The molecule has 0 bridgehead atoms. The monoisotopic (exact) mass is 302 g/mol. The predicted octanol–water partition coefficient (Wildman–Crippen LogP) is 1.28. The molecule has 1 amide bonds. The van der Waals surface area contributed by atoms with Gasteiger partial charge >= 0.3 is 0 Å². The average Bonchev–Trinajstić information content (AvgIpc) is 2.40. The maximum atomic E-state index is 13.0. The summed E-state index contributed by atoms with van der Waals surface area (Å²) >= 11 is 0. The Balaban J connectivity index is 0.00000200. The third-order valence-electron chi connectivity index (χ3n) is 3.04. The average molecular weight is 303 g/mol. The summed E-state index contributed by atoms with van der Waals surface area (Å²) < 4.78 is 18.4. The fourth-order valence-electron chi connectivity index (χ4n) is 2.07. The molecule has 1 aromatic carbocycles. The van der Waals surface area contributed by atoms with Crippen molar-refractivity contribution in [2.24, 2.45) is 0 Å². The molecule has 4 nitrogen and oxygen atoms in total. The molecule has 1 fully saturated rings. The first-order valence-electron chi connectivity index (χ1n) is 6.57. The number of hydrogen-bond acceptors (Lipinski definition) is 3. The van der Waals surface area contributed by atoms with Gasteiger partial charge < -0.3 is 15.4 Å². The van der Waals surface area contributed by atoms with Crippen LogP contribution in [-0.2, 0) is 16.0 Å². The second-order valence-electron chi connectivity index (χ2n) is 4.63. The van der Waals surface area contributed by atoms with Gasteiger partial charge in [-0.1, -0.05) is 12.1 Å². The van der Waals surface area contributed by atoms with Gasteiger partial charge in [0.15, 0.2) is 0 Å². The van der Waals surface area contributed by atoms with Crippen LogP contribution in [-0.4, -0.2) is 38.3 Å². The number of amides is 1. The van der Waals surface area contributed by atoms with E-state index in [2.05, 4.69) is 10.6 Å². The molecule has 1 unspecified atom stereocenters. The molecule has 0 spiro atoms. The van der Waals surface area contributed by atoms with Crippen LogP contribution in [0.1, 0.15) is 12.0 Å². The molecule has 112 valence electrons. The summed E-state index contributed by atoms with van der Waals surface area (Å²) in [6.07, 6.45) is 0.964. The molecule has 1 saturated heterocycles. The van der Waals surface area contributed by atoms with Crippen molar-refractivity contribution in [1.29, 1.82) is 0 Å². The van der Waals surface area contributed by atoms with E-state index in [1.165, 1.54) is 12.1 Å². The lowest BCUT2D eigenvalue weighted by Gasteiger charge is -2.23. The maximum absolute atomic E-state index is 13.0. The molecule has 2 N–H and O–H groups in total. The first kappa shape index (κ1) is 16.9. The molecule has 6 heteroatoms. The van der Waals surface area contributed by atoms with Crippen LogP contribution >= 0.6 is 12.4 Å². The van der Waals surface area contributed by atoms with Crippen molar-refractivity contribution in [2.45, 2.75) is 18.9 Å². The topological polar surface area (TPSA) is 50.4 Å². The molecule has 0 radical (unpaired) electrons. The van der Waals surface area contributed by atoms with E-state index in [1.54, 1.807) is 6.07 Å². The van der Waals surface area contributed by atoms with Gasteiger partial charge in [0.2, 0.25) is 5.91 Å². The van der Waals surface area contributed by atoms with Gasteiger partial charge in [0.05, 0.1) is 19.1 Å². The summed E-state index contributed by atoms with van der Waals surface area (Å²) in [5, 5.41) is 6.01. The quantitative estimate of drug-likeness (QED) is 0.861. The van der Waals surface area contributed by atoms with Crippen molar-refractivity contribution in [1.82, 2.24) is 10.6 Å². The van der Waals surface area contributed by atoms with Gasteiger partial charge in [-0.25, -0.2) is 4.39 Å². The fourth-order valence-corrected chi connectivity index (χ4v) is 2.07. The lowest BCUT2D eigenvalue weighted by molar-refractivity contribution is -0.124. The summed E-state index contributed by atoms with van der Waals surface area (Å²) in [7, 11) is 0. The first-order chi connectivity index (χ1) is 9.24. The number of benzene rings is 1. The van der Waals surface area contributed by atoms with Crippen molar-refractivity contribution >= 4 is 18.3 Å². The molecule has 2 rings (SSSR count). The minimum absolute atomic E-state index is 0. The zero-order valence-corrected chi connectivity index (χ0v) is 12.0. The number of morpholine rings is 1. The molecule has 1 aliphatic rings. The highest BCUT2D eigenvalue weighted by Crippen LogP contribution is 2.04. The largest absolute Gasteiger partial charge is 0.375 e. The lowest BCUT2D eigenvalue weighted by atomic mass is 10.1. The van der Waals surface area contributed by atoms with Gasteiger partial charge in [0.25, 0.3) is 0 Å². The summed E-state index contributed by atoms with van der Waals surface area (Å²) in [4.78, 5) is 11.7. The van der Waals surface area contributed by atoms with Crippen LogP contribution in [0.25, 0.3) is 0 Å². The summed E-state index contributed by atoms with van der Waals surface area (Å²) in [6, 6.07) is 6.42. The minimum atomic E-state index is -0.245. The van der Waals surface area contributed by atoms with E-state index < -0.39 is 0 Å². The van der Waals surface area contributed by atoms with E-state index in [9.17, 15) is 9.18 Å². The van der Waals surface area contributed by atoms with Crippen molar-refractivity contribution in [3.8, 4) is 0 Å². The van der Waals surface area contributed by atoms with Gasteiger partial charge in [-0.15, -0.1) is 12.4 Å². The third kappa shape index (κ3) is 5.86. The van der Waals surface area contributed by atoms with Crippen LogP contribution in [0.4, 0.5) is 4.39 Å². The summed E-state index contributed by atoms with van der Waals surface area (Å²) in [6.45, 7) is 2.73. The van der Waals surface area contributed by atoms with Gasteiger partial charge in [0.1, 0.15) is 5.82 Å². The number of ether oxygens (including phenoxy) is 1. The Morgan fingerprint density at radius 2 is 2.35 bits per heavy atom. The molecule has 20 heavy (non-hydrogen) atoms. The van der Waals surface area contributed by atoms with Crippen molar-refractivity contribution in [3.63, 3.8) is 0 Å². The van der Waals surface area contributed by atoms with Gasteiger partial charge in [-0.2, -0.15) is 0 Å². The second kappa shape index (κ2) is 8.89. The molecular formula is C14H20ClFN2O2. The standard InChI is InChI=1S/C14H19FN2O2.ClH/c15-12-3-1-2-11(8-12)4-5-17-14(18)9-13-10-16-6-7-19-13;/h1-3,8,13,16H,4-7,9-10H2,(H,17,18);1H. The fraction of sp³-hybridized carbons (Fsp3) is 0.500. The van der Waals surface area contributed by atoms with Crippen LogP contribution < -0.4 is 10.6 Å². The van der Waals surface area contributed by atoms with Gasteiger partial charge in [0, 0.05) is 19.6 Å². The van der Waals surface area contributed by atoms with Crippen molar-refractivity contribution in [3.05, 3.63) is 35.6 Å². The van der Waals surface area contributed by atoms with Crippen LogP contribution in [0.2, 0.25) is 0 Å². The second-order valence-corrected chi connectivity index (χ2v) is 4.63. The van der Waals surface area contributed by atoms with Crippen LogP contribution in [0.15, 0.2) is 24.3 Å². The minimum Gasteiger partial charge on any atom is -0.375 e. The number of carbonyl (C=O) groups is 1. The number of rotatable bonds is 5. The third-order valence-corrected chi connectivity index (χ3v) is 3.04. The molecular weight excluding hydrogens is 283 g/mol.